The lowest BCUT2D eigenvalue weighted by atomic mass is 10.0. The highest BCUT2D eigenvalue weighted by Gasteiger charge is 2.32. The van der Waals surface area contributed by atoms with Gasteiger partial charge in [0.05, 0.1) is 12.1 Å². The van der Waals surface area contributed by atoms with E-state index in [-0.39, 0.29) is 24.3 Å². The fraction of sp³-hybridized carbons (Fsp3) is 0.706. The van der Waals surface area contributed by atoms with Gasteiger partial charge in [-0.15, -0.1) is 0 Å². The Morgan fingerprint density at radius 2 is 2.04 bits per heavy atom. The molecule has 3 rings (SSSR count). The molecule has 1 aromatic rings. The van der Waals surface area contributed by atoms with E-state index in [4.69, 9.17) is 10.5 Å². The van der Waals surface area contributed by atoms with Crippen molar-refractivity contribution in [1.82, 2.24) is 19.6 Å². The predicted octanol–water partition coefficient (Wildman–Crippen LogP) is -0.384. The molecule has 2 aliphatic heterocycles. The first-order chi connectivity index (χ1) is 12.0. The van der Waals surface area contributed by atoms with Crippen LogP contribution in [0.25, 0.3) is 0 Å². The molecule has 25 heavy (non-hydrogen) atoms. The van der Waals surface area contributed by atoms with Crippen molar-refractivity contribution >= 4 is 11.8 Å². The number of carbonyl (C=O) groups excluding carboxylic acids is 2. The van der Waals surface area contributed by atoms with Gasteiger partial charge < -0.3 is 15.4 Å². The summed E-state index contributed by atoms with van der Waals surface area (Å²) in [7, 11) is 0. The number of ether oxygens (including phenoxy) is 1. The molecule has 8 heteroatoms. The summed E-state index contributed by atoms with van der Waals surface area (Å²) in [6, 6.07) is 0.402. The predicted molar refractivity (Wildman–Crippen MR) is 91.6 cm³/mol. The Hall–Kier alpha value is -1.93. The van der Waals surface area contributed by atoms with Crippen molar-refractivity contribution < 1.29 is 14.3 Å². The van der Waals surface area contributed by atoms with Gasteiger partial charge in [-0.2, -0.15) is 5.10 Å². The van der Waals surface area contributed by atoms with Gasteiger partial charge in [0, 0.05) is 51.6 Å². The number of carbonyl (C=O) groups is 2. The maximum atomic E-state index is 12.7. The molecular weight excluding hydrogens is 322 g/mol. The summed E-state index contributed by atoms with van der Waals surface area (Å²) in [6.45, 7) is 6.01. The molecule has 138 valence electrons. The molecule has 3 heterocycles. The Kier molecular flexibility index (Phi) is 5.70. The number of hydrogen-bond donors (Lipinski definition) is 1. The van der Waals surface area contributed by atoms with E-state index in [1.54, 1.807) is 15.8 Å². The normalized spacial score (nSPS) is 23.4. The van der Waals surface area contributed by atoms with Crippen LogP contribution in [-0.4, -0.2) is 76.8 Å². The summed E-state index contributed by atoms with van der Waals surface area (Å²) < 4.78 is 7.07. The molecule has 1 atom stereocenters. The Balaban J connectivity index is 1.66. The van der Waals surface area contributed by atoms with E-state index < -0.39 is 0 Å². The number of hydrogen-bond acceptors (Lipinski definition) is 5. The number of nitrogens with zero attached hydrogens (tertiary/aromatic N) is 4. The summed E-state index contributed by atoms with van der Waals surface area (Å²) in [5, 5.41) is 4.17. The molecule has 2 saturated heterocycles. The van der Waals surface area contributed by atoms with E-state index in [9.17, 15) is 9.59 Å². The van der Waals surface area contributed by atoms with Crippen molar-refractivity contribution in [2.75, 3.05) is 39.4 Å². The average molecular weight is 349 g/mol. The second-order valence-electron chi connectivity index (χ2n) is 6.99. The monoisotopic (exact) mass is 349 g/mol. The Bertz CT molecular complexity index is 611. The van der Waals surface area contributed by atoms with Crippen LogP contribution in [0.4, 0.5) is 0 Å². The van der Waals surface area contributed by atoms with Gasteiger partial charge >= 0.3 is 0 Å². The number of nitrogens with two attached hydrogens (primary N) is 1. The maximum absolute atomic E-state index is 12.7. The zero-order valence-electron chi connectivity index (χ0n) is 14.8. The van der Waals surface area contributed by atoms with Crippen molar-refractivity contribution in [3.8, 4) is 0 Å². The minimum Gasteiger partial charge on any atom is -0.381 e. The lowest BCUT2D eigenvalue weighted by Crippen LogP contribution is -2.44. The van der Waals surface area contributed by atoms with Gasteiger partial charge in [-0.1, -0.05) is 0 Å². The lowest BCUT2D eigenvalue weighted by molar-refractivity contribution is -0.133. The molecule has 0 aliphatic carbocycles. The van der Waals surface area contributed by atoms with Crippen LogP contribution in [-0.2, 0) is 20.9 Å². The maximum Gasteiger partial charge on any atom is 0.244 e. The molecule has 0 bridgehead atoms. The van der Waals surface area contributed by atoms with Crippen LogP contribution in [0.5, 0.6) is 0 Å². The summed E-state index contributed by atoms with van der Waals surface area (Å²) in [5.74, 6) is -0.705. The largest absolute Gasteiger partial charge is 0.381 e. The highest BCUT2D eigenvalue weighted by atomic mass is 16.5. The highest BCUT2D eigenvalue weighted by molar-refractivity contribution is 5.80. The molecular formula is C17H27N5O3. The quantitative estimate of drug-likeness (QED) is 0.799. The van der Waals surface area contributed by atoms with Gasteiger partial charge in [-0.25, -0.2) is 0 Å². The van der Waals surface area contributed by atoms with Crippen molar-refractivity contribution in [2.24, 2.45) is 11.7 Å². The molecule has 2 N–H and O–H groups in total. The zero-order chi connectivity index (χ0) is 17.8. The molecule has 0 aromatic carbocycles. The number of aryl methyl sites for hydroxylation is 1. The van der Waals surface area contributed by atoms with Crippen LogP contribution in [0.15, 0.2) is 12.4 Å². The fourth-order valence-electron chi connectivity index (χ4n) is 3.62. The summed E-state index contributed by atoms with van der Waals surface area (Å²) in [4.78, 5) is 28.6. The minimum absolute atomic E-state index is 0.0248. The van der Waals surface area contributed by atoms with Crippen molar-refractivity contribution in [1.29, 1.82) is 0 Å². The third-order valence-electron chi connectivity index (χ3n) is 5.07. The third-order valence-corrected chi connectivity index (χ3v) is 5.07. The summed E-state index contributed by atoms with van der Waals surface area (Å²) in [6.07, 6.45) is 5.50. The van der Waals surface area contributed by atoms with Crippen molar-refractivity contribution in [3.63, 3.8) is 0 Å². The van der Waals surface area contributed by atoms with E-state index in [2.05, 4.69) is 10.00 Å². The summed E-state index contributed by atoms with van der Waals surface area (Å²) in [5.41, 5.74) is 6.62. The van der Waals surface area contributed by atoms with Gasteiger partial charge in [-0.05, 0) is 25.3 Å². The van der Waals surface area contributed by atoms with E-state index in [1.165, 1.54) is 0 Å². The number of amides is 2. The van der Waals surface area contributed by atoms with E-state index in [0.29, 0.717) is 25.7 Å². The van der Waals surface area contributed by atoms with Crippen LogP contribution in [0.3, 0.4) is 0 Å². The van der Waals surface area contributed by atoms with Crippen molar-refractivity contribution in [3.05, 3.63) is 18.0 Å². The summed E-state index contributed by atoms with van der Waals surface area (Å²) >= 11 is 0. The van der Waals surface area contributed by atoms with E-state index >= 15 is 0 Å². The van der Waals surface area contributed by atoms with Crippen LogP contribution < -0.4 is 5.73 Å². The average Bonchev–Trinajstić information content (AvgIpc) is 2.88. The van der Waals surface area contributed by atoms with Gasteiger partial charge in [-0.3, -0.25) is 19.2 Å². The molecule has 1 aromatic heterocycles. The number of rotatable bonds is 4. The second-order valence-corrected chi connectivity index (χ2v) is 6.99. The standard InChI is InChI=1S/C17H27N5O3/c1-13-8-19-22(9-13)12-16(23)21-5-4-20(10-14(11-21)17(18)24)15-2-6-25-7-3-15/h8-9,14-15H,2-7,10-12H2,1H3,(H2,18,24)/t14-/m0/s1. The van der Waals surface area contributed by atoms with Gasteiger partial charge in [0.1, 0.15) is 6.54 Å². The molecule has 0 saturated carbocycles. The highest BCUT2D eigenvalue weighted by Crippen LogP contribution is 2.19. The SMILES string of the molecule is Cc1cnn(CC(=O)N2CCN(C3CCOCC3)C[C@H](C(N)=O)C2)c1. The molecule has 2 fully saturated rings. The lowest BCUT2D eigenvalue weighted by Gasteiger charge is -2.34. The van der Waals surface area contributed by atoms with Gasteiger partial charge in [0.15, 0.2) is 0 Å². The Labute approximate surface area is 147 Å². The first-order valence-corrected chi connectivity index (χ1v) is 8.91. The van der Waals surface area contributed by atoms with Crippen LogP contribution in [0.2, 0.25) is 0 Å². The van der Waals surface area contributed by atoms with Gasteiger partial charge in [0.25, 0.3) is 0 Å². The van der Waals surface area contributed by atoms with Crippen LogP contribution in [0.1, 0.15) is 18.4 Å². The molecule has 0 unspecified atom stereocenters. The first kappa shape index (κ1) is 17.9. The molecule has 0 spiro atoms. The topological polar surface area (TPSA) is 93.7 Å². The molecule has 2 aliphatic rings. The van der Waals surface area contributed by atoms with Crippen LogP contribution in [0, 0.1) is 12.8 Å². The fourth-order valence-corrected chi connectivity index (χ4v) is 3.62. The number of primary amides is 1. The molecule has 8 nitrogen and oxygen atoms in total. The Morgan fingerprint density at radius 3 is 2.68 bits per heavy atom. The molecule has 2 amide bonds. The minimum atomic E-state index is -0.341. The zero-order valence-corrected chi connectivity index (χ0v) is 14.8. The second kappa shape index (κ2) is 7.97. The third kappa shape index (κ3) is 4.58. The van der Waals surface area contributed by atoms with Crippen LogP contribution >= 0.6 is 0 Å². The molecule has 0 radical (unpaired) electrons. The van der Waals surface area contributed by atoms with E-state index in [0.717, 1.165) is 38.2 Å². The van der Waals surface area contributed by atoms with Gasteiger partial charge in [0.2, 0.25) is 11.8 Å². The van der Waals surface area contributed by atoms with E-state index in [1.807, 2.05) is 13.1 Å². The first-order valence-electron chi connectivity index (χ1n) is 8.91. The Morgan fingerprint density at radius 1 is 1.28 bits per heavy atom. The number of aromatic nitrogens is 2. The van der Waals surface area contributed by atoms with Crippen molar-refractivity contribution in [2.45, 2.75) is 32.4 Å². The smallest absolute Gasteiger partial charge is 0.244 e.